The van der Waals surface area contributed by atoms with E-state index in [1.807, 2.05) is 31.3 Å². The number of nitrogens with one attached hydrogen (secondary N) is 2. The summed E-state index contributed by atoms with van der Waals surface area (Å²) in [4.78, 5) is 37.9. The molecule has 3 amide bonds. The standard InChI is InChI=1S/C17H15N3O3/c1-18-11-6-5-10-15-9(11)3-2-4-12(15)20(17(10)23)13-7-8-14(21)19-16(13)22/h2-6,13,18H,7-8H2,1H3,(H,19,21,22). The summed E-state index contributed by atoms with van der Waals surface area (Å²) in [6, 6.07) is 8.69. The minimum absolute atomic E-state index is 0.187. The number of nitrogens with zero attached hydrogens (tertiary/aromatic N) is 1. The van der Waals surface area contributed by atoms with Crippen molar-refractivity contribution in [3.63, 3.8) is 0 Å². The summed E-state index contributed by atoms with van der Waals surface area (Å²) >= 11 is 0. The van der Waals surface area contributed by atoms with Crippen LogP contribution < -0.4 is 15.5 Å². The van der Waals surface area contributed by atoms with Crippen molar-refractivity contribution in [1.29, 1.82) is 0 Å². The van der Waals surface area contributed by atoms with Crippen LogP contribution in [0.1, 0.15) is 23.2 Å². The highest BCUT2D eigenvalue weighted by molar-refractivity contribution is 6.28. The van der Waals surface area contributed by atoms with Gasteiger partial charge < -0.3 is 5.32 Å². The van der Waals surface area contributed by atoms with Crippen molar-refractivity contribution in [1.82, 2.24) is 5.32 Å². The molecule has 0 saturated carbocycles. The van der Waals surface area contributed by atoms with E-state index in [4.69, 9.17) is 0 Å². The second kappa shape index (κ2) is 4.81. The Hall–Kier alpha value is -2.89. The third kappa shape index (κ3) is 1.84. The van der Waals surface area contributed by atoms with Crippen LogP contribution in [0.5, 0.6) is 0 Å². The normalized spacial score (nSPS) is 20.1. The molecule has 2 N–H and O–H groups in total. The molecule has 1 unspecified atom stereocenters. The third-order valence-corrected chi connectivity index (χ3v) is 4.52. The van der Waals surface area contributed by atoms with Crippen molar-refractivity contribution in [2.45, 2.75) is 18.9 Å². The zero-order valence-electron chi connectivity index (χ0n) is 12.6. The van der Waals surface area contributed by atoms with Crippen LogP contribution in [-0.4, -0.2) is 30.8 Å². The molecule has 1 atom stereocenters. The van der Waals surface area contributed by atoms with Gasteiger partial charge in [0.2, 0.25) is 11.8 Å². The summed E-state index contributed by atoms with van der Waals surface area (Å²) in [6.45, 7) is 0. The van der Waals surface area contributed by atoms with Gasteiger partial charge in [-0.3, -0.25) is 24.6 Å². The first-order valence-corrected chi connectivity index (χ1v) is 7.52. The molecule has 0 bridgehead atoms. The number of imide groups is 1. The van der Waals surface area contributed by atoms with Gasteiger partial charge in [-0.2, -0.15) is 0 Å². The zero-order chi connectivity index (χ0) is 16.1. The Bertz CT molecular complexity index is 875. The van der Waals surface area contributed by atoms with Gasteiger partial charge in [-0.15, -0.1) is 0 Å². The molecular formula is C17H15N3O3. The van der Waals surface area contributed by atoms with E-state index in [1.165, 1.54) is 4.90 Å². The maximum Gasteiger partial charge on any atom is 0.259 e. The summed E-state index contributed by atoms with van der Waals surface area (Å²) in [6.07, 6.45) is 0.591. The minimum atomic E-state index is -0.642. The van der Waals surface area contributed by atoms with Crippen molar-refractivity contribution in [3.05, 3.63) is 35.9 Å². The Morgan fingerprint density at radius 1 is 1.17 bits per heavy atom. The number of rotatable bonds is 2. The van der Waals surface area contributed by atoms with Crippen molar-refractivity contribution >= 4 is 39.9 Å². The van der Waals surface area contributed by atoms with Gasteiger partial charge in [0, 0.05) is 29.9 Å². The minimum Gasteiger partial charge on any atom is -0.388 e. The van der Waals surface area contributed by atoms with Crippen LogP contribution in [0, 0.1) is 0 Å². The number of benzene rings is 2. The van der Waals surface area contributed by atoms with E-state index in [0.29, 0.717) is 12.0 Å². The molecule has 4 rings (SSSR count). The Morgan fingerprint density at radius 2 is 2.00 bits per heavy atom. The number of carbonyl (C=O) groups excluding carboxylic acids is 3. The molecule has 2 heterocycles. The zero-order valence-corrected chi connectivity index (χ0v) is 12.6. The second-order valence-corrected chi connectivity index (χ2v) is 5.75. The molecule has 2 aromatic rings. The average Bonchev–Trinajstić information content (AvgIpc) is 2.83. The molecule has 0 radical (unpaired) electrons. The predicted molar refractivity (Wildman–Crippen MR) is 86.5 cm³/mol. The quantitative estimate of drug-likeness (QED) is 0.827. The first-order valence-electron chi connectivity index (χ1n) is 7.52. The monoisotopic (exact) mass is 309 g/mol. The fraction of sp³-hybridized carbons (Fsp3) is 0.235. The van der Waals surface area contributed by atoms with Crippen LogP contribution in [0.25, 0.3) is 10.8 Å². The lowest BCUT2D eigenvalue weighted by molar-refractivity contribution is -0.134. The lowest BCUT2D eigenvalue weighted by Gasteiger charge is -2.30. The molecule has 1 fully saturated rings. The first kappa shape index (κ1) is 13.8. The van der Waals surface area contributed by atoms with E-state index in [2.05, 4.69) is 10.6 Å². The number of hydrogen-bond donors (Lipinski definition) is 2. The SMILES string of the molecule is CNc1ccc2c3c(cccc13)N(C1CCC(=O)NC1=O)C2=O. The number of anilines is 2. The molecule has 2 aliphatic rings. The van der Waals surface area contributed by atoms with E-state index in [0.717, 1.165) is 22.1 Å². The van der Waals surface area contributed by atoms with Gasteiger partial charge in [-0.25, -0.2) is 0 Å². The number of piperidine rings is 1. The Labute approximate surface area is 132 Å². The topological polar surface area (TPSA) is 78.5 Å². The predicted octanol–water partition coefficient (Wildman–Crippen LogP) is 1.65. The molecule has 0 aromatic heterocycles. The molecule has 6 nitrogen and oxygen atoms in total. The van der Waals surface area contributed by atoms with Gasteiger partial charge in [0.15, 0.2) is 0 Å². The van der Waals surface area contributed by atoms with Crippen molar-refractivity contribution in [2.24, 2.45) is 0 Å². The van der Waals surface area contributed by atoms with E-state index < -0.39 is 11.9 Å². The van der Waals surface area contributed by atoms with E-state index in [1.54, 1.807) is 6.07 Å². The maximum absolute atomic E-state index is 12.8. The smallest absolute Gasteiger partial charge is 0.259 e. The Kier molecular flexibility index (Phi) is 2.87. The molecule has 6 heteroatoms. The van der Waals surface area contributed by atoms with Gasteiger partial charge in [0.25, 0.3) is 5.91 Å². The molecule has 0 aliphatic carbocycles. The maximum atomic E-state index is 12.8. The van der Waals surface area contributed by atoms with Crippen LogP contribution in [0.3, 0.4) is 0 Å². The highest BCUT2D eigenvalue weighted by Crippen LogP contribution is 2.41. The first-order chi connectivity index (χ1) is 11.1. The van der Waals surface area contributed by atoms with Crippen LogP contribution in [-0.2, 0) is 9.59 Å². The van der Waals surface area contributed by atoms with Crippen LogP contribution in [0.15, 0.2) is 30.3 Å². The lowest BCUT2D eigenvalue weighted by Crippen LogP contribution is -2.53. The average molecular weight is 309 g/mol. The van der Waals surface area contributed by atoms with Gasteiger partial charge >= 0.3 is 0 Å². The van der Waals surface area contributed by atoms with Crippen molar-refractivity contribution in [3.8, 4) is 0 Å². The van der Waals surface area contributed by atoms with Gasteiger partial charge in [0.1, 0.15) is 6.04 Å². The highest BCUT2D eigenvalue weighted by Gasteiger charge is 2.40. The van der Waals surface area contributed by atoms with E-state index in [9.17, 15) is 14.4 Å². The lowest BCUT2D eigenvalue weighted by atomic mass is 10.0. The number of hydrogen-bond acceptors (Lipinski definition) is 4. The summed E-state index contributed by atoms with van der Waals surface area (Å²) in [7, 11) is 1.83. The highest BCUT2D eigenvalue weighted by atomic mass is 16.2. The van der Waals surface area contributed by atoms with Gasteiger partial charge in [0.05, 0.1) is 11.3 Å². The molecule has 2 aliphatic heterocycles. The fourth-order valence-corrected chi connectivity index (χ4v) is 3.46. The third-order valence-electron chi connectivity index (χ3n) is 4.52. The summed E-state index contributed by atoms with van der Waals surface area (Å²) in [5.74, 6) is -0.882. The Balaban J connectivity index is 1.88. The summed E-state index contributed by atoms with van der Waals surface area (Å²) in [5.41, 5.74) is 2.26. The number of carbonyl (C=O) groups is 3. The summed E-state index contributed by atoms with van der Waals surface area (Å²) in [5, 5.41) is 7.25. The van der Waals surface area contributed by atoms with E-state index in [-0.39, 0.29) is 18.2 Å². The largest absolute Gasteiger partial charge is 0.388 e. The van der Waals surface area contributed by atoms with Gasteiger partial charge in [-0.1, -0.05) is 12.1 Å². The Morgan fingerprint density at radius 3 is 2.74 bits per heavy atom. The second-order valence-electron chi connectivity index (χ2n) is 5.75. The summed E-state index contributed by atoms with van der Waals surface area (Å²) < 4.78 is 0. The fourth-order valence-electron chi connectivity index (χ4n) is 3.46. The molecular weight excluding hydrogens is 294 g/mol. The number of amides is 3. The van der Waals surface area contributed by atoms with Gasteiger partial charge in [-0.05, 0) is 24.6 Å². The van der Waals surface area contributed by atoms with Crippen molar-refractivity contribution in [2.75, 3.05) is 17.3 Å². The van der Waals surface area contributed by atoms with Crippen LogP contribution in [0.4, 0.5) is 11.4 Å². The molecule has 1 saturated heterocycles. The molecule has 23 heavy (non-hydrogen) atoms. The van der Waals surface area contributed by atoms with E-state index >= 15 is 0 Å². The molecule has 2 aromatic carbocycles. The van der Waals surface area contributed by atoms with Crippen LogP contribution >= 0.6 is 0 Å². The van der Waals surface area contributed by atoms with Crippen molar-refractivity contribution < 1.29 is 14.4 Å². The van der Waals surface area contributed by atoms with Crippen LogP contribution in [0.2, 0.25) is 0 Å². The molecule has 0 spiro atoms. The molecule has 116 valence electrons.